The van der Waals surface area contributed by atoms with Gasteiger partial charge >= 0.3 is 5.97 Å². The molecule has 0 atom stereocenters. The molecule has 6 heteroatoms. The van der Waals surface area contributed by atoms with E-state index in [9.17, 15) is 9.59 Å². The number of esters is 1. The van der Waals surface area contributed by atoms with Crippen molar-refractivity contribution < 1.29 is 23.8 Å². The number of aryl methyl sites for hydroxylation is 1. The molecule has 0 saturated carbocycles. The number of nitrogens with one attached hydrogen (secondary N) is 1. The summed E-state index contributed by atoms with van der Waals surface area (Å²) in [6.45, 7) is 1.68. The van der Waals surface area contributed by atoms with Gasteiger partial charge < -0.3 is 19.5 Å². The minimum absolute atomic E-state index is 0.356. The van der Waals surface area contributed by atoms with Gasteiger partial charge in [0.15, 0.2) is 18.1 Å². The zero-order valence-electron chi connectivity index (χ0n) is 15.7. The second kappa shape index (κ2) is 10.0. The van der Waals surface area contributed by atoms with Gasteiger partial charge in [-0.1, -0.05) is 25.1 Å². The maximum atomic E-state index is 11.9. The van der Waals surface area contributed by atoms with Crippen LogP contribution in [-0.4, -0.2) is 32.7 Å². The van der Waals surface area contributed by atoms with Crippen molar-refractivity contribution in [3.05, 3.63) is 59.7 Å². The van der Waals surface area contributed by atoms with Crippen LogP contribution in [0.25, 0.3) is 6.08 Å². The van der Waals surface area contributed by atoms with E-state index >= 15 is 0 Å². The quantitative estimate of drug-likeness (QED) is 0.570. The van der Waals surface area contributed by atoms with Crippen molar-refractivity contribution in [2.75, 3.05) is 26.1 Å². The molecule has 142 valence electrons. The lowest BCUT2D eigenvalue weighted by Gasteiger charge is -2.08. The van der Waals surface area contributed by atoms with Gasteiger partial charge in [-0.25, -0.2) is 4.79 Å². The minimum Gasteiger partial charge on any atom is -0.493 e. The first-order chi connectivity index (χ1) is 13.0. The van der Waals surface area contributed by atoms with E-state index in [-0.39, 0.29) is 6.61 Å². The molecule has 0 fully saturated rings. The van der Waals surface area contributed by atoms with Crippen LogP contribution < -0.4 is 14.8 Å². The third-order valence-electron chi connectivity index (χ3n) is 3.78. The van der Waals surface area contributed by atoms with E-state index < -0.39 is 11.9 Å². The molecule has 27 heavy (non-hydrogen) atoms. The zero-order chi connectivity index (χ0) is 19.6. The fourth-order valence-electron chi connectivity index (χ4n) is 2.37. The molecule has 2 aromatic carbocycles. The Bertz CT molecular complexity index is 829. The monoisotopic (exact) mass is 369 g/mol. The molecule has 0 radical (unpaired) electrons. The number of ether oxygens (including phenoxy) is 3. The van der Waals surface area contributed by atoms with E-state index in [0.29, 0.717) is 17.2 Å². The first kappa shape index (κ1) is 20.0. The van der Waals surface area contributed by atoms with Crippen LogP contribution in [0.2, 0.25) is 0 Å². The van der Waals surface area contributed by atoms with Gasteiger partial charge in [0.2, 0.25) is 0 Å². The first-order valence-corrected chi connectivity index (χ1v) is 8.51. The second-order valence-corrected chi connectivity index (χ2v) is 5.66. The minimum atomic E-state index is -0.609. The first-order valence-electron chi connectivity index (χ1n) is 8.51. The highest BCUT2D eigenvalue weighted by Crippen LogP contribution is 2.27. The van der Waals surface area contributed by atoms with Gasteiger partial charge in [-0.15, -0.1) is 0 Å². The number of methoxy groups -OCH3 is 2. The predicted octanol–water partition coefficient (Wildman–Crippen LogP) is 3.46. The molecule has 0 aliphatic carbocycles. The smallest absolute Gasteiger partial charge is 0.331 e. The summed E-state index contributed by atoms with van der Waals surface area (Å²) in [7, 11) is 3.09. The third kappa shape index (κ3) is 6.18. The van der Waals surface area contributed by atoms with Crippen LogP contribution in [0.15, 0.2) is 48.5 Å². The van der Waals surface area contributed by atoms with Crippen LogP contribution in [0, 0.1) is 0 Å². The standard InChI is InChI=1S/C21H23NO5/c1-4-15-6-5-7-17(12-15)22-20(23)14-27-21(24)11-9-16-8-10-18(25-2)19(13-16)26-3/h5-13H,4,14H2,1-3H3,(H,22,23)/b11-9+. The van der Waals surface area contributed by atoms with Crippen LogP contribution in [0.5, 0.6) is 11.5 Å². The average molecular weight is 369 g/mol. The summed E-state index contributed by atoms with van der Waals surface area (Å²) >= 11 is 0. The molecule has 6 nitrogen and oxygen atoms in total. The predicted molar refractivity (Wildman–Crippen MR) is 104 cm³/mol. The van der Waals surface area contributed by atoms with E-state index in [1.165, 1.54) is 13.2 Å². The topological polar surface area (TPSA) is 73.9 Å². The van der Waals surface area contributed by atoms with Crippen LogP contribution in [-0.2, 0) is 20.7 Å². The van der Waals surface area contributed by atoms with Crippen molar-refractivity contribution in [3.63, 3.8) is 0 Å². The van der Waals surface area contributed by atoms with E-state index in [1.807, 2.05) is 25.1 Å². The molecule has 0 aromatic heterocycles. The largest absolute Gasteiger partial charge is 0.493 e. The maximum absolute atomic E-state index is 11.9. The fraction of sp³-hybridized carbons (Fsp3) is 0.238. The summed E-state index contributed by atoms with van der Waals surface area (Å²) in [4.78, 5) is 23.7. The van der Waals surface area contributed by atoms with Crippen molar-refractivity contribution in [1.29, 1.82) is 0 Å². The van der Waals surface area contributed by atoms with Crippen LogP contribution in [0.4, 0.5) is 5.69 Å². The molecule has 0 spiro atoms. The maximum Gasteiger partial charge on any atom is 0.331 e. The Hall–Kier alpha value is -3.28. The molecular weight excluding hydrogens is 346 g/mol. The van der Waals surface area contributed by atoms with Gasteiger partial charge in [-0.3, -0.25) is 4.79 Å². The number of hydrogen-bond acceptors (Lipinski definition) is 5. The highest BCUT2D eigenvalue weighted by atomic mass is 16.5. The van der Waals surface area contributed by atoms with E-state index in [4.69, 9.17) is 14.2 Å². The summed E-state index contributed by atoms with van der Waals surface area (Å²) in [5.41, 5.74) is 2.53. The third-order valence-corrected chi connectivity index (χ3v) is 3.78. The number of benzene rings is 2. The Kier molecular flexibility index (Phi) is 7.43. The van der Waals surface area contributed by atoms with Gasteiger partial charge in [0, 0.05) is 11.8 Å². The van der Waals surface area contributed by atoms with E-state index in [2.05, 4.69) is 5.32 Å². The molecule has 1 amide bonds. The number of carbonyl (C=O) groups excluding carboxylic acids is 2. The fourth-order valence-corrected chi connectivity index (χ4v) is 2.37. The average Bonchev–Trinajstić information content (AvgIpc) is 2.70. The number of anilines is 1. The molecule has 1 N–H and O–H groups in total. The molecule has 0 bridgehead atoms. The summed E-state index contributed by atoms with van der Waals surface area (Å²) in [5.74, 6) is 0.154. The zero-order valence-corrected chi connectivity index (χ0v) is 15.7. The molecule has 2 rings (SSSR count). The van der Waals surface area contributed by atoms with Gasteiger partial charge in [-0.05, 0) is 47.9 Å². The van der Waals surface area contributed by atoms with Crippen molar-refractivity contribution in [3.8, 4) is 11.5 Å². The highest BCUT2D eigenvalue weighted by molar-refractivity contribution is 5.94. The Morgan fingerprint density at radius 3 is 2.52 bits per heavy atom. The van der Waals surface area contributed by atoms with Crippen LogP contribution in [0.1, 0.15) is 18.1 Å². The van der Waals surface area contributed by atoms with Crippen molar-refractivity contribution in [1.82, 2.24) is 0 Å². The number of rotatable bonds is 8. The second-order valence-electron chi connectivity index (χ2n) is 5.66. The molecule has 0 aliphatic rings. The van der Waals surface area contributed by atoms with Crippen LogP contribution in [0.3, 0.4) is 0 Å². The Labute approximate surface area is 158 Å². The lowest BCUT2D eigenvalue weighted by molar-refractivity contribution is -0.142. The molecule has 2 aromatic rings. The SMILES string of the molecule is CCc1cccc(NC(=O)COC(=O)/C=C/c2ccc(OC)c(OC)c2)c1. The van der Waals surface area contributed by atoms with Gasteiger partial charge in [-0.2, -0.15) is 0 Å². The summed E-state index contributed by atoms with van der Waals surface area (Å²) in [6.07, 6.45) is 3.71. The lowest BCUT2D eigenvalue weighted by atomic mass is 10.1. The highest BCUT2D eigenvalue weighted by Gasteiger charge is 2.07. The van der Waals surface area contributed by atoms with Crippen molar-refractivity contribution >= 4 is 23.6 Å². The molecule has 0 heterocycles. The summed E-state index contributed by atoms with van der Waals surface area (Å²) in [6, 6.07) is 12.8. The summed E-state index contributed by atoms with van der Waals surface area (Å²) < 4.78 is 15.3. The molecule has 0 saturated heterocycles. The Morgan fingerprint density at radius 2 is 1.81 bits per heavy atom. The number of carbonyl (C=O) groups is 2. The Morgan fingerprint density at radius 1 is 1.04 bits per heavy atom. The van der Waals surface area contributed by atoms with Gasteiger partial charge in [0.1, 0.15) is 0 Å². The van der Waals surface area contributed by atoms with E-state index in [0.717, 1.165) is 17.5 Å². The number of hydrogen-bond donors (Lipinski definition) is 1. The summed E-state index contributed by atoms with van der Waals surface area (Å²) in [5, 5.41) is 2.70. The molecular formula is C21H23NO5. The van der Waals surface area contributed by atoms with Gasteiger partial charge in [0.25, 0.3) is 5.91 Å². The molecule has 0 aliphatic heterocycles. The Balaban J connectivity index is 1.86. The normalized spacial score (nSPS) is 10.5. The van der Waals surface area contributed by atoms with E-state index in [1.54, 1.807) is 37.5 Å². The van der Waals surface area contributed by atoms with Crippen molar-refractivity contribution in [2.45, 2.75) is 13.3 Å². The number of amides is 1. The lowest BCUT2D eigenvalue weighted by Crippen LogP contribution is -2.20. The van der Waals surface area contributed by atoms with Crippen LogP contribution >= 0.6 is 0 Å². The molecule has 0 unspecified atom stereocenters. The van der Waals surface area contributed by atoms with Gasteiger partial charge in [0.05, 0.1) is 14.2 Å². The van der Waals surface area contributed by atoms with Crippen molar-refractivity contribution in [2.24, 2.45) is 0 Å².